The van der Waals surface area contributed by atoms with Gasteiger partial charge in [0.05, 0.1) is 42.2 Å². The van der Waals surface area contributed by atoms with Gasteiger partial charge in [-0.25, -0.2) is 13.4 Å². The maximum atomic E-state index is 14.5. The minimum atomic E-state index is -3.85. The summed E-state index contributed by atoms with van der Waals surface area (Å²) in [5.74, 6) is -3.16. The Bertz CT molecular complexity index is 1850. The molecule has 2 saturated carbocycles. The number of sulfonamides is 1. The third kappa shape index (κ3) is 7.33. The number of fused-ring (bicyclic) bond motifs is 3. The van der Waals surface area contributed by atoms with Crippen LogP contribution in [0.2, 0.25) is 0 Å². The fourth-order valence-electron chi connectivity index (χ4n) is 7.21. The first-order valence-electron chi connectivity index (χ1n) is 17.4. The number of esters is 1. The molecule has 2 aliphatic carbocycles. The second-order valence-electron chi connectivity index (χ2n) is 15.3. The quantitative estimate of drug-likeness (QED) is 0.324. The summed E-state index contributed by atoms with van der Waals surface area (Å²) in [6.07, 6.45) is 4.51. The van der Waals surface area contributed by atoms with Gasteiger partial charge in [-0.2, -0.15) is 0 Å². The van der Waals surface area contributed by atoms with Gasteiger partial charge < -0.3 is 14.4 Å². The summed E-state index contributed by atoms with van der Waals surface area (Å²) in [7, 11) is -3.85. The number of hydrogen-bond donors (Lipinski definition) is 1. The van der Waals surface area contributed by atoms with Crippen molar-refractivity contribution in [1.29, 1.82) is 0 Å². The topological polar surface area (TPSA) is 166 Å². The van der Waals surface area contributed by atoms with Gasteiger partial charge in [0.15, 0.2) is 11.6 Å². The van der Waals surface area contributed by atoms with Crippen LogP contribution in [0.4, 0.5) is 0 Å². The van der Waals surface area contributed by atoms with Crippen LogP contribution in [0.15, 0.2) is 43.1 Å². The van der Waals surface area contributed by atoms with Crippen LogP contribution in [-0.2, 0) is 33.9 Å². The first-order chi connectivity index (χ1) is 23.6. The van der Waals surface area contributed by atoms with E-state index in [-0.39, 0.29) is 56.9 Å². The maximum Gasteiger partial charge on any atom is 0.306 e. The lowest BCUT2D eigenvalue weighted by Gasteiger charge is -2.34. The Hall–Kier alpha value is -4.13. The van der Waals surface area contributed by atoms with Gasteiger partial charge >= 0.3 is 5.97 Å². The summed E-state index contributed by atoms with van der Waals surface area (Å²) >= 11 is 0. The van der Waals surface area contributed by atoms with E-state index in [0.29, 0.717) is 36.6 Å². The van der Waals surface area contributed by atoms with Gasteiger partial charge in [-0.3, -0.25) is 28.7 Å². The highest BCUT2D eigenvalue weighted by Gasteiger charge is 2.61. The molecule has 1 N–H and O–H groups in total. The highest BCUT2D eigenvalue weighted by atomic mass is 32.2. The van der Waals surface area contributed by atoms with E-state index in [0.717, 1.165) is 5.39 Å². The van der Waals surface area contributed by atoms with Crippen LogP contribution < -0.4 is 9.46 Å². The monoisotopic (exact) mass is 707 g/mol. The number of allylic oxidation sites excluding steroid dienone is 1. The zero-order valence-electron chi connectivity index (χ0n) is 28.8. The van der Waals surface area contributed by atoms with Gasteiger partial charge in [0.2, 0.25) is 27.7 Å². The lowest BCUT2D eigenvalue weighted by Crippen LogP contribution is -2.48. The number of aromatic nitrogens is 1. The summed E-state index contributed by atoms with van der Waals surface area (Å²) in [5.41, 5.74) is -1.49. The summed E-state index contributed by atoms with van der Waals surface area (Å²) < 4.78 is 39.5. The molecule has 268 valence electrons. The van der Waals surface area contributed by atoms with Crippen LogP contribution in [0, 0.1) is 22.7 Å². The van der Waals surface area contributed by atoms with Gasteiger partial charge in [-0.15, -0.1) is 6.58 Å². The highest BCUT2D eigenvalue weighted by Crippen LogP contribution is 2.57. The molecule has 13 heteroatoms. The number of rotatable bonds is 7. The van der Waals surface area contributed by atoms with Crippen LogP contribution in [0.1, 0.15) is 88.9 Å². The van der Waals surface area contributed by atoms with E-state index < -0.39 is 73.7 Å². The van der Waals surface area contributed by atoms with E-state index in [1.807, 2.05) is 26.8 Å². The van der Waals surface area contributed by atoms with Crippen LogP contribution in [0.25, 0.3) is 10.8 Å². The number of ether oxygens (including phenoxy) is 2. The molecular weight excluding hydrogens is 662 g/mol. The number of ketones is 2. The van der Waals surface area contributed by atoms with Crippen molar-refractivity contribution in [2.75, 3.05) is 13.2 Å². The second-order valence-corrected chi connectivity index (χ2v) is 17.2. The third-order valence-electron chi connectivity index (χ3n) is 10.6. The van der Waals surface area contributed by atoms with Gasteiger partial charge in [0, 0.05) is 36.4 Å². The molecule has 1 aromatic carbocycles. The van der Waals surface area contributed by atoms with Gasteiger partial charge in [0.25, 0.3) is 0 Å². The lowest BCUT2D eigenvalue weighted by atomic mass is 9.77. The lowest BCUT2D eigenvalue weighted by molar-refractivity contribution is -0.153. The number of pyridine rings is 1. The van der Waals surface area contributed by atoms with Gasteiger partial charge in [-0.05, 0) is 61.0 Å². The maximum absolute atomic E-state index is 14.5. The molecule has 6 rings (SSSR count). The van der Waals surface area contributed by atoms with Crippen molar-refractivity contribution in [3.63, 3.8) is 0 Å². The summed E-state index contributed by atoms with van der Waals surface area (Å²) in [5, 5.41) is 0.808. The largest absolute Gasteiger partial charge is 0.472 e. The van der Waals surface area contributed by atoms with E-state index in [1.165, 1.54) is 4.90 Å². The minimum absolute atomic E-state index is 0.00764. The standard InChI is InChI=1S/C37H45N3O9S/c1-5-24-19-37(24,35(45)39-50(46,47)26-11-12-26)20-31(42)29-17-25-21-40(29)34(44)28(36(2,3)4)18-32(43)48-15-7-6-8-30(41)23-10-9-22-13-14-38-33(49-25)27(22)16-23/h5,9-10,13-14,16,24-26,28-29H,1,6-8,11-12,15,17-21H2,2-4H3,(H,39,45)/t24-,25+,28+,29?,37+/m0/s1. The first kappa shape index (κ1) is 35.7. The van der Waals surface area contributed by atoms with Crippen LogP contribution in [0.5, 0.6) is 5.88 Å². The molecule has 2 aliphatic heterocycles. The average molecular weight is 708 g/mol. The predicted octanol–water partition coefficient (Wildman–Crippen LogP) is 4.31. The number of carbonyl (C=O) groups is 5. The number of nitrogens with zero attached hydrogens (tertiary/aromatic N) is 2. The molecule has 0 spiro atoms. The highest BCUT2D eigenvalue weighted by molar-refractivity contribution is 7.90. The average Bonchev–Trinajstić information content (AvgIpc) is 3.99. The van der Waals surface area contributed by atoms with Crippen LogP contribution in [0.3, 0.4) is 0 Å². The van der Waals surface area contributed by atoms with E-state index >= 15 is 0 Å². The number of benzene rings is 1. The number of nitrogens with one attached hydrogen (secondary N) is 1. The Kier molecular flexibility index (Phi) is 9.66. The molecule has 3 heterocycles. The molecule has 1 saturated heterocycles. The van der Waals surface area contributed by atoms with Crippen LogP contribution >= 0.6 is 0 Å². The second kappa shape index (κ2) is 13.5. The van der Waals surface area contributed by atoms with Gasteiger partial charge in [-0.1, -0.05) is 39.0 Å². The zero-order valence-corrected chi connectivity index (χ0v) is 29.6. The Balaban J connectivity index is 1.34. The normalized spacial score (nSPS) is 28.0. The van der Waals surface area contributed by atoms with Crippen molar-refractivity contribution < 1.29 is 41.9 Å². The van der Waals surface area contributed by atoms with E-state index in [2.05, 4.69) is 16.3 Å². The smallest absolute Gasteiger partial charge is 0.306 e. The first-order valence-corrected chi connectivity index (χ1v) is 18.9. The number of cyclic esters (lactones) is 1. The fraction of sp³-hybridized carbons (Fsp3) is 0.568. The number of Topliss-reactive ketones (excluding diaryl/α,β-unsaturated/α-hetero) is 2. The van der Waals surface area contributed by atoms with E-state index in [9.17, 15) is 32.4 Å². The predicted molar refractivity (Wildman–Crippen MR) is 183 cm³/mol. The summed E-state index contributed by atoms with van der Waals surface area (Å²) in [4.78, 5) is 74.3. The molecule has 50 heavy (non-hydrogen) atoms. The Morgan fingerprint density at radius 2 is 1.90 bits per heavy atom. The Morgan fingerprint density at radius 3 is 2.58 bits per heavy atom. The molecule has 4 aliphatic rings. The molecule has 1 aromatic heterocycles. The molecule has 5 atom stereocenters. The number of carbonyl (C=O) groups excluding carboxylic acids is 5. The third-order valence-corrected chi connectivity index (χ3v) is 12.4. The summed E-state index contributed by atoms with van der Waals surface area (Å²) in [6, 6.07) is 6.10. The van der Waals surface area contributed by atoms with Gasteiger partial charge in [0.1, 0.15) is 6.10 Å². The van der Waals surface area contributed by atoms with E-state index in [1.54, 1.807) is 30.5 Å². The van der Waals surface area contributed by atoms with Crippen LogP contribution in [-0.4, -0.2) is 78.2 Å². The fourth-order valence-corrected chi connectivity index (χ4v) is 8.60. The molecular formula is C37H45N3O9S. The number of hydrogen-bond acceptors (Lipinski definition) is 10. The van der Waals surface area contributed by atoms with Crippen molar-refractivity contribution in [2.24, 2.45) is 22.7 Å². The zero-order chi connectivity index (χ0) is 36.0. The van der Waals surface area contributed by atoms with Crippen molar-refractivity contribution >= 4 is 50.1 Å². The van der Waals surface area contributed by atoms with Crippen molar-refractivity contribution in [1.82, 2.24) is 14.6 Å². The summed E-state index contributed by atoms with van der Waals surface area (Å²) in [6.45, 7) is 9.45. The molecule has 4 bridgehead atoms. The van der Waals surface area contributed by atoms with Crippen molar-refractivity contribution in [2.45, 2.75) is 96.0 Å². The van der Waals surface area contributed by atoms with Crippen molar-refractivity contribution in [3.05, 3.63) is 48.7 Å². The molecule has 2 amide bonds. The Morgan fingerprint density at radius 1 is 1.14 bits per heavy atom. The minimum Gasteiger partial charge on any atom is -0.472 e. The molecule has 2 aromatic rings. The Labute approximate surface area is 292 Å². The molecule has 12 nitrogen and oxygen atoms in total. The number of amides is 2. The molecule has 0 radical (unpaired) electrons. The molecule has 3 fully saturated rings. The van der Waals surface area contributed by atoms with E-state index in [4.69, 9.17) is 9.47 Å². The molecule has 1 unspecified atom stereocenters. The van der Waals surface area contributed by atoms with Crippen molar-refractivity contribution in [3.8, 4) is 5.88 Å². The SMILES string of the molecule is C=C[C@H]1C[C@]1(CC(=O)C1C[C@@H]2CN1C(=O)[C@H](C(C)(C)C)CC(=O)OCCCCC(=O)c1ccc3ccnc(c3c1)O2)C(=O)NS(=O)(=O)C1CC1.